The van der Waals surface area contributed by atoms with Gasteiger partial charge in [-0.2, -0.15) is 0 Å². The second kappa shape index (κ2) is 14.8. The molecule has 1 aromatic rings. The van der Waals surface area contributed by atoms with Gasteiger partial charge >= 0.3 is 0 Å². The largest absolute Gasteiger partial charge is 0.367 e. The van der Waals surface area contributed by atoms with Crippen LogP contribution in [0.2, 0.25) is 0 Å². The summed E-state index contributed by atoms with van der Waals surface area (Å²) in [5, 5.41) is 7.03. The van der Waals surface area contributed by atoms with Crippen molar-refractivity contribution in [3.63, 3.8) is 0 Å². The minimum atomic E-state index is -0.125. The van der Waals surface area contributed by atoms with Crippen LogP contribution >= 0.6 is 24.0 Å². The number of benzene rings is 1. The third-order valence-electron chi connectivity index (χ3n) is 6.23. The topological polar surface area (TPSA) is 46.1 Å². The van der Waals surface area contributed by atoms with E-state index in [1.165, 1.54) is 5.57 Å². The van der Waals surface area contributed by atoms with Gasteiger partial charge in [0.1, 0.15) is 5.82 Å². The lowest BCUT2D eigenvalue weighted by molar-refractivity contribution is 0.221. The van der Waals surface area contributed by atoms with Crippen LogP contribution in [0.25, 0.3) is 0 Å². The first-order valence-corrected chi connectivity index (χ1v) is 12.2. The van der Waals surface area contributed by atoms with Crippen molar-refractivity contribution in [3.8, 4) is 0 Å². The van der Waals surface area contributed by atoms with Gasteiger partial charge in [-0.3, -0.25) is 14.8 Å². The second-order valence-electron chi connectivity index (χ2n) is 9.05. The molecule has 2 fully saturated rings. The third-order valence-corrected chi connectivity index (χ3v) is 6.23. The lowest BCUT2D eigenvalue weighted by Crippen LogP contribution is -2.49. The number of halogens is 2. The summed E-state index contributed by atoms with van der Waals surface area (Å²) < 4.78 is 14.0. The highest BCUT2D eigenvalue weighted by Gasteiger charge is 2.20. The minimum absolute atomic E-state index is 0. The number of nitrogens with zero attached hydrogens (tertiary/aromatic N) is 4. The molecular formula is C25H42FIN6. The fraction of sp³-hybridized carbons (Fsp3) is 0.640. The van der Waals surface area contributed by atoms with E-state index in [9.17, 15) is 4.39 Å². The Balaban J connectivity index is 0.00000385. The van der Waals surface area contributed by atoms with Crippen molar-refractivity contribution in [3.05, 3.63) is 42.2 Å². The number of hydrogen-bond donors (Lipinski definition) is 2. The SMILES string of the molecule is C=C(C)CN1CCC(NC(=NCCCN2CCN(c3ccccc3F)CC2)NCC)CC1.I. The first kappa shape index (κ1) is 27.9. The summed E-state index contributed by atoms with van der Waals surface area (Å²) in [5.41, 5.74) is 1.96. The molecule has 2 aliphatic heterocycles. The van der Waals surface area contributed by atoms with Gasteiger partial charge in [-0.15, -0.1) is 24.0 Å². The molecule has 6 nitrogen and oxygen atoms in total. The summed E-state index contributed by atoms with van der Waals surface area (Å²) in [6.45, 7) is 17.9. The van der Waals surface area contributed by atoms with Crippen molar-refractivity contribution in [1.29, 1.82) is 0 Å². The first-order valence-electron chi connectivity index (χ1n) is 12.2. The fourth-order valence-electron chi connectivity index (χ4n) is 4.54. The van der Waals surface area contributed by atoms with Gasteiger partial charge in [0.15, 0.2) is 5.96 Å². The maximum atomic E-state index is 14.0. The van der Waals surface area contributed by atoms with E-state index in [-0.39, 0.29) is 29.8 Å². The highest BCUT2D eigenvalue weighted by molar-refractivity contribution is 14.0. The first-order chi connectivity index (χ1) is 15.5. The molecule has 0 aliphatic carbocycles. The lowest BCUT2D eigenvalue weighted by atomic mass is 10.0. The molecule has 0 aromatic heterocycles. The molecule has 2 saturated heterocycles. The molecule has 2 aliphatic rings. The van der Waals surface area contributed by atoms with Gasteiger partial charge in [-0.05, 0) is 45.2 Å². The predicted octanol–water partition coefficient (Wildman–Crippen LogP) is 3.55. The number of likely N-dealkylation sites (tertiary alicyclic amines) is 1. The maximum absolute atomic E-state index is 14.0. The lowest BCUT2D eigenvalue weighted by Gasteiger charge is -2.36. The van der Waals surface area contributed by atoms with E-state index in [1.54, 1.807) is 12.1 Å². The standard InChI is InChI=1S/C25H41FN6.HI/c1-4-27-25(29-22-10-14-31(15-11-22)20-21(2)3)28-12-7-13-30-16-18-32(19-17-30)24-9-6-5-8-23(24)26;/h5-6,8-9,22H,2,4,7,10-20H2,1,3H3,(H2,27,28,29);1H. The summed E-state index contributed by atoms with van der Waals surface area (Å²) >= 11 is 0. The van der Waals surface area contributed by atoms with E-state index >= 15 is 0 Å². The number of piperidine rings is 1. The molecule has 0 bridgehead atoms. The van der Waals surface area contributed by atoms with Crippen molar-refractivity contribution in [2.45, 2.75) is 39.2 Å². The number of para-hydroxylation sites is 1. The molecule has 186 valence electrons. The van der Waals surface area contributed by atoms with Crippen molar-refractivity contribution in [2.24, 2.45) is 4.99 Å². The van der Waals surface area contributed by atoms with Crippen LogP contribution in [0.3, 0.4) is 0 Å². The summed E-state index contributed by atoms with van der Waals surface area (Å²) in [7, 11) is 0. The molecule has 2 N–H and O–H groups in total. The molecule has 3 rings (SSSR count). The van der Waals surface area contributed by atoms with Gasteiger partial charge in [0.25, 0.3) is 0 Å². The van der Waals surface area contributed by atoms with Crippen LogP contribution in [0, 0.1) is 5.82 Å². The summed E-state index contributed by atoms with van der Waals surface area (Å²) in [5.74, 6) is 0.815. The number of piperazine rings is 1. The average Bonchev–Trinajstić information content (AvgIpc) is 2.78. The van der Waals surface area contributed by atoms with Gasteiger partial charge < -0.3 is 15.5 Å². The average molecular weight is 573 g/mol. The number of hydrogen-bond acceptors (Lipinski definition) is 4. The van der Waals surface area contributed by atoms with Crippen LogP contribution < -0.4 is 15.5 Å². The number of nitrogens with one attached hydrogen (secondary N) is 2. The van der Waals surface area contributed by atoms with Gasteiger partial charge in [0.05, 0.1) is 5.69 Å². The van der Waals surface area contributed by atoms with E-state index in [2.05, 4.69) is 45.8 Å². The Morgan fingerprint density at radius 2 is 1.79 bits per heavy atom. The van der Waals surface area contributed by atoms with E-state index in [1.807, 2.05) is 12.1 Å². The molecule has 0 radical (unpaired) electrons. The zero-order chi connectivity index (χ0) is 22.8. The van der Waals surface area contributed by atoms with Gasteiger partial charge in [0, 0.05) is 71.5 Å². The summed E-state index contributed by atoms with van der Waals surface area (Å²) in [6.07, 6.45) is 3.32. The molecule has 33 heavy (non-hydrogen) atoms. The molecule has 1 aromatic carbocycles. The van der Waals surface area contributed by atoms with Crippen molar-refractivity contribution in [2.75, 3.05) is 70.3 Å². The monoisotopic (exact) mass is 572 g/mol. The van der Waals surface area contributed by atoms with E-state index in [0.29, 0.717) is 6.04 Å². The normalized spacial score (nSPS) is 18.6. The quantitative estimate of drug-likeness (QED) is 0.156. The van der Waals surface area contributed by atoms with Crippen LogP contribution in [-0.4, -0.2) is 87.2 Å². The third kappa shape index (κ3) is 9.41. The smallest absolute Gasteiger partial charge is 0.191 e. The number of aliphatic imine (C=N–C) groups is 1. The van der Waals surface area contributed by atoms with E-state index in [0.717, 1.165) is 96.4 Å². The molecular weight excluding hydrogens is 530 g/mol. The van der Waals surface area contributed by atoms with Crippen LogP contribution in [0.1, 0.15) is 33.1 Å². The summed E-state index contributed by atoms with van der Waals surface area (Å²) in [6, 6.07) is 7.56. The van der Waals surface area contributed by atoms with Gasteiger partial charge in [-0.25, -0.2) is 4.39 Å². The summed E-state index contributed by atoms with van der Waals surface area (Å²) in [4.78, 5) is 11.9. The molecule has 0 atom stereocenters. The van der Waals surface area contributed by atoms with Crippen LogP contribution in [0.5, 0.6) is 0 Å². The highest BCUT2D eigenvalue weighted by Crippen LogP contribution is 2.20. The van der Waals surface area contributed by atoms with Crippen molar-refractivity contribution < 1.29 is 4.39 Å². The predicted molar refractivity (Wildman–Crippen MR) is 148 cm³/mol. The Morgan fingerprint density at radius 3 is 2.42 bits per heavy atom. The van der Waals surface area contributed by atoms with Crippen LogP contribution in [0.4, 0.5) is 10.1 Å². The Hall–Kier alpha value is -1.39. The molecule has 0 spiro atoms. The van der Waals surface area contributed by atoms with Gasteiger partial charge in [0.2, 0.25) is 0 Å². The molecule has 2 heterocycles. The second-order valence-corrected chi connectivity index (χ2v) is 9.05. The number of rotatable bonds is 9. The van der Waals surface area contributed by atoms with E-state index in [4.69, 9.17) is 4.99 Å². The Kier molecular flexibility index (Phi) is 12.5. The van der Waals surface area contributed by atoms with Crippen LogP contribution in [0.15, 0.2) is 41.4 Å². The fourth-order valence-corrected chi connectivity index (χ4v) is 4.54. The van der Waals surface area contributed by atoms with Crippen molar-refractivity contribution >= 4 is 35.6 Å². The van der Waals surface area contributed by atoms with E-state index < -0.39 is 0 Å². The minimum Gasteiger partial charge on any atom is -0.367 e. The zero-order valence-electron chi connectivity index (χ0n) is 20.4. The molecule has 0 amide bonds. The van der Waals surface area contributed by atoms with Crippen molar-refractivity contribution in [1.82, 2.24) is 20.4 Å². The van der Waals surface area contributed by atoms with Crippen LogP contribution in [-0.2, 0) is 0 Å². The molecule has 8 heteroatoms. The molecule has 0 saturated carbocycles. The zero-order valence-corrected chi connectivity index (χ0v) is 22.7. The highest BCUT2D eigenvalue weighted by atomic mass is 127. The Morgan fingerprint density at radius 1 is 1.09 bits per heavy atom. The van der Waals surface area contributed by atoms with Gasteiger partial charge in [-0.1, -0.05) is 24.3 Å². The Labute approximate surface area is 216 Å². The molecule has 0 unspecified atom stereocenters. The number of anilines is 1. The maximum Gasteiger partial charge on any atom is 0.191 e. The Bertz CT molecular complexity index is 742. The number of guanidine groups is 1.